The van der Waals surface area contributed by atoms with Crippen LogP contribution in [0.3, 0.4) is 0 Å². The number of nitrogens with one attached hydrogen (secondary N) is 1. The number of rotatable bonds is 5. The molecule has 19 heavy (non-hydrogen) atoms. The van der Waals surface area contributed by atoms with E-state index in [1.807, 2.05) is 0 Å². The Morgan fingerprint density at radius 2 is 1.74 bits per heavy atom. The van der Waals surface area contributed by atoms with Crippen molar-refractivity contribution in [2.45, 2.75) is 69.9 Å². The highest BCUT2D eigenvalue weighted by Gasteiger charge is 2.22. The zero-order valence-corrected chi connectivity index (χ0v) is 11.8. The number of aliphatic hydroxyl groups is 1. The van der Waals surface area contributed by atoms with Gasteiger partial charge in [-0.05, 0) is 44.4 Å². The summed E-state index contributed by atoms with van der Waals surface area (Å²) in [5.41, 5.74) is 0. The summed E-state index contributed by atoms with van der Waals surface area (Å²) in [7, 11) is 0. The van der Waals surface area contributed by atoms with Gasteiger partial charge in [-0.3, -0.25) is 4.79 Å². The molecule has 0 bridgehead atoms. The van der Waals surface area contributed by atoms with Crippen LogP contribution in [-0.2, 0) is 9.53 Å². The molecule has 0 spiro atoms. The first-order valence-electron chi connectivity index (χ1n) is 7.79. The van der Waals surface area contributed by atoms with Crippen molar-refractivity contribution in [3.8, 4) is 0 Å². The second-order valence-electron chi connectivity index (χ2n) is 6.04. The summed E-state index contributed by atoms with van der Waals surface area (Å²) >= 11 is 0. The molecule has 0 unspecified atom stereocenters. The second kappa shape index (κ2) is 7.85. The Balaban J connectivity index is 1.58. The highest BCUT2D eigenvalue weighted by Crippen LogP contribution is 2.25. The Morgan fingerprint density at radius 3 is 2.37 bits per heavy atom. The van der Waals surface area contributed by atoms with Crippen LogP contribution in [0.25, 0.3) is 0 Å². The predicted molar refractivity (Wildman–Crippen MR) is 73.8 cm³/mol. The van der Waals surface area contributed by atoms with Crippen LogP contribution in [0.1, 0.15) is 57.8 Å². The lowest BCUT2D eigenvalue weighted by Gasteiger charge is -2.28. The normalized spacial score (nSPS) is 29.1. The highest BCUT2D eigenvalue weighted by molar-refractivity contribution is 5.77. The van der Waals surface area contributed by atoms with Crippen molar-refractivity contribution in [1.82, 2.24) is 5.32 Å². The maximum atomic E-state index is 11.8. The van der Waals surface area contributed by atoms with Gasteiger partial charge >= 0.3 is 0 Å². The standard InChI is InChI=1S/C15H27NO3/c17-10-12-6-8-14(9-7-12)19-11-15(18)16-13-4-2-1-3-5-13/h12-14,17H,1-11H2,(H,16,18). The highest BCUT2D eigenvalue weighted by atomic mass is 16.5. The molecule has 0 atom stereocenters. The number of ether oxygens (including phenoxy) is 1. The number of carbonyl (C=O) groups excluding carboxylic acids is 1. The third kappa shape index (κ3) is 5.11. The SMILES string of the molecule is O=C(COC1CCC(CO)CC1)NC1CCCCC1. The summed E-state index contributed by atoms with van der Waals surface area (Å²) < 4.78 is 5.69. The van der Waals surface area contributed by atoms with Gasteiger partial charge in [-0.25, -0.2) is 0 Å². The van der Waals surface area contributed by atoms with Crippen LogP contribution in [0.4, 0.5) is 0 Å². The number of aliphatic hydroxyl groups excluding tert-OH is 1. The van der Waals surface area contributed by atoms with Crippen molar-refractivity contribution in [3.63, 3.8) is 0 Å². The van der Waals surface area contributed by atoms with Crippen molar-refractivity contribution in [2.24, 2.45) is 5.92 Å². The van der Waals surface area contributed by atoms with Crippen LogP contribution in [-0.4, -0.2) is 36.4 Å². The minimum Gasteiger partial charge on any atom is -0.396 e. The van der Waals surface area contributed by atoms with Crippen LogP contribution >= 0.6 is 0 Å². The zero-order chi connectivity index (χ0) is 13.5. The van der Waals surface area contributed by atoms with Gasteiger partial charge in [0.05, 0.1) is 6.10 Å². The minimum atomic E-state index is 0.0381. The molecule has 2 aliphatic carbocycles. The van der Waals surface area contributed by atoms with Crippen LogP contribution in [0.15, 0.2) is 0 Å². The van der Waals surface area contributed by atoms with Gasteiger partial charge in [-0.15, -0.1) is 0 Å². The lowest BCUT2D eigenvalue weighted by molar-refractivity contribution is -0.129. The van der Waals surface area contributed by atoms with Gasteiger partial charge < -0.3 is 15.2 Å². The summed E-state index contributed by atoms with van der Waals surface area (Å²) in [4.78, 5) is 11.8. The van der Waals surface area contributed by atoms with E-state index in [1.54, 1.807) is 0 Å². The van der Waals surface area contributed by atoms with Crippen molar-refractivity contribution >= 4 is 5.91 Å². The number of hydrogen-bond donors (Lipinski definition) is 2. The third-order valence-electron chi connectivity index (χ3n) is 4.47. The van der Waals surface area contributed by atoms with Gasteiger partial charge in [-0.1, -0.05) is 19.3 Å². The molecule has 2 N–H and O–H groups in total. The van der Waals surface area contributed by atoms with E-state index in [9.17, 15) is 4.79 Å². The van der Waals surface area contributed by atoms with Gasteiger partial charge in [0.15, 0.2) is 0 Å². The lowest BCUT2D eigenvalue weighted by Crippen LogP contribution is -2.39. The molecular formula is C15H27NO3. The fourth-order valence-corrected chi connectivity index (χ4v) is 3.19. The van der Waals surface area contributed by atoms with Gasteiger partial charge in [0, 0.05) is 12.6 Å². The number of amides is 1. The molecule has 4 heteroatoms. The maximum Gasteiger partial charge on any atom is 0.246 e. The molecule has 0 aromatic heterocycles. The van der Waals surface area contributed by atoms with Crippen molar-refractivity contribution in [1.29, 1.82) is 0 Å². The molecule has 0 radical (unpaired) electrons. The largest absolute Gasteiger partial charge is 0.396 e. The fraction of sp³-hybridized carbons (Fsp3) is 0.933. The molecule has 0 aliphatic heterocycles. The first kappa shape index (κ1) is 14.8. The van der Waals surface area contributed by atoms with Crippen LogP contribution in [0, 0.1) is 5.92 Å². The van der Waals surface area contributed by atoms with E-state index in [4.69, 9.17) is 9.84 Å². The molecule has 2 fully saturated rings. The zero-order valence-electron chi connectivity index (χ0n) is 11.8. The average molecular weight is 269 g/mol. The molecule has 0 saturated heterocycles. The topological polar surface area (TPSA) is 58.6 Å². The fourth-order valence-electron chi connectivity index (χ4n) is 3.19. The van der Waals surface area contributed by atoms with Gasteiger partial charge in [0.1, 0.15) is 6.61 Å². The number of hydrogen-bond acceptors (Lipinski definition) is 3. The molecule has 4 nitrogen and oxygen atoms in total. The van der Waals surface area contributed by atoms with E-state index in [0.29, 0.717) is 12.0 Å². The molecule has 2 aliphatic rings. The molecule has 110 valence electrons. The predicted octanol–water partition coefficient (Wildman–Crippen LogP) is 2.00. The van der Waals surface area contributed by atoms with E-state index in [2.05, 4.69) is 5.32 Å². The summed E-state index contributed by atoms with van der Waals surface area (Å²) in [5.74, 6) is 0.479. The Labute approximate surface area is 115 Å². The molecule has 2 saturated carbocycles. The molecule has 0 aromatic rings. The van der Waals surface area contributed by atoms with E-state index in [0.717, 1.165) is 38.5 Å². The maximum absolute atomic E-state index is 11.8. The van der Waals surface area contributed by atoms with E-state index >= 15 is 0 Å². The molecule has 2 rings (SSSR count). The third-order valence-corrected chi connectivity index (χ3v) is 4.47. The Bertz CT molecular complexity index is 269. The summed E-state index contributed by atoms with van der Waals surface area (Å²) in [6.07, 6.45) is 10.2. The summed E-state index contributed by atoms with van der Waals surface area (Å²) in [6, 6.07) is 0.370. The van der Waals surface area contributed by atoms with Crippen molar-refractivity contribution in [3.05, 3.63) is 0 Å². The second-order valence-corrected chi connectivity index (χ2v) is 6.04. The summed E-state index contributed by atoms with van der Waals surface area (Å²) in [5, 5.41) is 12.1. The number of carbonyl (C=O) groups is 1. The van der Waals surface area contributed by atoms with E-state index < -0.39 is 0 Å². The van der Waals surface area contributed by atoms with Crippen LogP contribution < -0.4 is 5.32 Å². The van der Waals surface area contributed by atoms with Gasteiger partial charge in [-0.2, -0.15) is 0 Å². The molecule has 0 aromatic carbocycles. The monoisotopic (exact) mass is 269 g/mol. The Kier molecular flexibility index (Phi) is 6.11. The average Bonchev–Trinajstić information content (AvgIpc) is 2.47. The smallest absolute Gasteiger partial charge is 0.246 e. The quantitative estimate of drug-likeness (QED) is 0.802. The Hall–Kier alpha value is -0.610. The first-order chi connectivity index (χ1) is 9.28. The molecular weight excluding hydrogens is 242 g/mol. The van der Waals surface area contributed by atoms with E-state index in [-0.39, 0.29) is 25.2 Å². The van der Waals surface area contributed by atoms with Crippen molar-refractivity contribution < 1.29 is 14.6 Å². The van der Waals surface area contributed by atoms with Crippen molar-refractivity contribution in [2.75, 3.05) is 13.2 Å². The molecule has 1 amide bonds. The van der Waals surface area contributed by atoms with Gasteiger partial charge in [0.25, 0.3) is 0 Å². The minimum absolute atomic E-state index is 0.0381. The summed E-state index contributed by atoms with van der Waals surface area (Å²) in [6.45, 7) is 0.486. The Morgan fingerprint density at radius 1 is 1.05 bits per heavy atom. The van der Waals surface area contributed by atoms with Gasteiger partial charge in [0.2, 0.25) is 5.91 Å². The first-order valence-corrected chi connectivity index (χ1v) is 7.79. The van der Waals surface area contributed by atoms with Crippen LogP contribution in [0.2, 0.25) is 0 Å². The van der Waals surface area contributed by atoms with Crippen LogP contribution in [0.5, 0.6) is 0 Å². The lowest BCUT2D eigenvalue weighted by atomic mass is 9.88. The molecule has 0 heterocycles. The van der Waals surface area contributed by atoms with E-state index in [1.165, 1.54) is 19.3 Å².